The van der Waals surface area contributed by atoms with Crippen molar-refractivity contribution < 1.29 is 9.00 Å². The van der Waals surface area contributed by atoms with Crippen molar-refractivity contribution in [3.05, 3.63) is 20.3 Å². The molecule has 2 rings (SSSR count). The maximum Gasteiger partial charge on any atom is 0.177 e. The van der Waals surface area contributed by atoms with Gasteiger partial charge in [-0.3, -0.25) is 9.00 Å². The first-order valence-corrected chi connectivity index (χ1v) is 8.95. The van der Waals surface area contributed by atoms with Gasteiger partial charge in [0, 0.05) is 22.1 Å². The van der Waals surface area contributed by atoms with Gasteiger partial charge in [0.25, 0.3) is 0 Å². The highest BCUT2D eigenvalue weighted by Gasteiger charge is 2.21. The summed E-state index contributed by atoms with van der Waals surface area (Å²) in [5.41, 5.74) is 0.409. The summed E-state index contributed by atoms with van der Waals surface area (Å²) in [7, 11) is -1.09. The van der Waals surface area contributed by atoms with Crippen molar-refractivity contribution in [3.8, 4) is 0 Å². The Morgan fingerprint density at radius 1 is 1.39 bits per heavy atom. The molecule has 1 aromatic heterocycles. The van der Waals surface area contributed by atoms with Crippen molar-refractivity contribution >= 4 is 51.1 Å². The van der Waals surface area contributed by atoms with Crippen LogP contribution in [-0.4, -0.2) is 21.5 Å². The van der Waals surface area contributed by atoms with E-state index in [0.717, 1.165) is 12.8 Å². The topological polar surface area (TPSA) is 34.1 Å². The van der Waals surface area contributed by atoms with Gasteiger partial charge < -0.3 is 0 Å². The molecule has 1 fully saturated rings. The lowest BCUT2D eigenvalue weighted by Gasteiger charge is -2.07. The number of Topliss-reactive ketones (excluding diaryl/α,β-unsaturated/α-hetero) is 1. The standard InChI is InChI=1S/C12H14Cl2O2S2/c13-11-5-9(12(14)17-11)10(15)7-18(16)6-8-3-1-2-4-8/h5,8H,1-4,6-7H2. The number of thiophene rings is 1. The zero-order chi connectivity index (χ0) is 13.1. The van der Waals surface area contributed by atoms with Crippen molar-refractivity contribution in [1.29, 1.82) is 0 Å². The van der Waals surface area contributed by atoms with Crippen LogP contribution in [0.25, 0.3) is 0 Å². The Balaban J connectivity index is 1.90. The van der Waals surface area contributed by atoms with E-state index in [1.807, 2.05) is 0 Å². The molecule has 0 saturated heterocycles. The van der Waals surface area contributed by atoms with Gasteiger partial charge in [0.05, 0.1) is 10.1 Å². The molecule has 2 nitrogen and oxygen atoms in total. The van der Waals surface area contributed by atoms with Crippen molar-refractivity contribution in [1.82, 2.24) is 0 Å². The van der Waals surface area contributed by atoms with Crippen LogP contribution in [0.2, 0.25) is 8.67 Å². The quantitative estimate of drug-likeness (QED) is 0.761. The van der Waals surface area contributed by atoms with E-state index < -0.39 is 10.8 Å². The van der Waals surface area contributed by atoms with Gasteiger partial charge in [0.1, 0.15) is 4.34 Å². The number of rotatable bonds is 5. The first-order valence-electron chi connectivity index (χ1n) is 5.89. The molecular formula is C12H14Cl2O2S2. The molecule has 1 atom stereocenters. The predicted octanol–water partition coefficient (Wildman–Crippen LogP) is 4.18. The summed E-state index contributed by atoms with van der Waals surface area (Å²) >= 11 is 12.9. The average Bonchev–Trinajstić information content (AvgIpc) is 2.88. The molecule has 1 aromatic rings. The van der Waals surface area contributed by atoms with Crippen LogP contribution in [0.15, 0.2) is 6.07 Å². The Labute approximate surface area is 123 Å². The van der Waals surface area contributed by atoms with Gasteiger partial charge >= 0.3 is 0 Å². The highest BCUT2D eigenvalue weighted by Crippen LogP contribution is 2.31. The second kappa shape index (κ2) is 6.51. The van der Waals surface area contributed by atoms with Crippen molar-refractivity contribution in [2.45, 2.75) is 25.7 Å². The zero-order valence-electron chi connectivity index (χ0n) is 9.79. The molecule has 0 amide bonds. The highest BCUT2D eigenvalue weighted by molar-refractivity contribution is 7.85. The van der Waals surface area contributed by atoms with Crippen LogP contribution >= 0.6 is 34.5 Å². The second-order valence-electron chi connectivity index (χ2n) is 4.56. The van der Waals surface area contributed by atoms with Crippen molar-refractivity contribution in [2.75, 3.05) is 11.5 Å². The molecule has 0 aliphatic heterocycles. The third kappa shape index (κ3) is 3.80. The van der Waals surface area contributed by atoms with Crippen LogP contribution < -0.4 is 0 Å². The maximum atomic E-state index is 11.9. The van der Waals surface area contributed by atoms with Gasteiger partial charge in [0.15, 0.2) is 5.78 Å². The van der Waals surface area contributed by atoms with Gasteiger partial charge in [-0.2, -0.15) is 0 Å². The number of ketones is 1. The van der Waals surface area contributed by atoms with Crippen LogP contribution in [0.3, 0.4) is 0 Å². The van der Waals surface area contributed by atoms with E-state index >= 15 is 0 Å². The van der Waals surface area contributed by atoms with Crippen LogP contribution in [0.5, 0.6) is 0 Å². The fraction of sp³-hybridized carbons (Fsp3) is 0.583. The molecule has 6 heteroatoms. The Hall–Kier alpha value is 0.1000. The van der Waals surface area contributed by atoms with Crippen molar-refractivity contribution in [3.63, 3.8) is 0 Å². The monoisotopic (exact) mass is 324 g/mol. The summed E-state index contributed by atoms with van der Waals surface area (Å²) in [6, 6.07) is 1.56. The Morgan fingerprint density at radius 3 is 2.61 bits per heavy atom. The summed E-state index contributed by atoms with van der Waals surface area (Å²) in [6.07, 6.45) is 4.74. The van der Waals surface area contributed by atoms with E-state index in [9.17, 15) is 9.00 Å². The van der Waals surface area contributed by atoms with Gasteiger partial charge in [-0.05, 0) is 24.8 Å². The lowest BCUT2D eigenvalue weighted by Crippen LogP contribution is -2.16. The lowest BCUT2D eigenvalue weighted by molar-refractivity contribution is 0.102. The molecule has 1 aliphatic carbocycles. The molecule has 1 unspecified atom stereocenters. The smallest absolute Gasteiger partial charge is 0.177 e. The van der Waals surface area contributed by atoms with E-state index in [2.05, 4.69) is 0 Å². The Kier molecular flexibility index (Phi) is 5.24. The van der Waals surface area contributed by atoms with Crippen LogP contribution in [0, 0.1) is 5.92 Å². The molecule has 18 heavy (non-hydrogen) atoms. The first kappa shape index (κ1) is 14.5. The summed E-state index contributed by atoms with van der Waals surface area (Å²) in [6.45, 7) is 0. The van der Waals surface area contributed by atoms with Gasteiger partial charge in [0.2, 0.25) is 0 Å². The van der Waals surface area contributed by atoms with Crippen LogP contribution in [0.4, 0.5) is 0 Å². The fourth-order valence-corrected chi connectivity index (χ4v) is 5.18. The van der Waals surface area contributed by atoms with Crippen LogP contribution in [0.1, 0.15) is 36.0 Å². The SMILES string of the molecule is O=C(CS(=O)CC1CCCC1)c1cc(Cl)sc1Cl. The van der Waals surface area contributed by atoms with Crippen molar-refractivity contribution in [2.24, 2.45) is 5.92 Å². The molecule has 100 valence electrons. The molecule has 1 heterocycles. The highest BCUT2D eigenvalue weighted by atomic mass is 35.5. The predicted molar refractivity (Wildman–Crippen MR) is 78.5 cm³/mol. The fourth-order valence-electron chi connectivity index (χ4n) is 2.25. The molecule has 1 saturated carbocycles. The molecule has 0 aromatic carbocycles. The van der Waals surface area contributed by atoms with E-state index in [1.54, 1.807) is 6.07 Å². The molecule has 0 bridgehead atoms. The zero-order valence-corrected chi connectivity index (χ0v) is 12.9. The number of halogens is 2. The van der Waals surface area contributed by atoms with E-state index in [0.29, 0.717) is 25.9 Å². The van der Waals surface area contributed by atoms with Gasteiger partial charge in [-0.1, -0.05) is 36.0 Å². The molecule has 0 radical (unpaired) electrons. The van der Waals surface area contributed by atoms with E-state index in [-0.39, 0.29) is 11.5 Å². The minimum absolute atomic E-state index is 0.0588. The van der Waals surface area contributed by atoms with Crippen LogP contribution in [-0.2, 0) is 10.8 Å². The van der Waals surface area contributed by atoms with Gasteiger partial charge in [-0.25, -0.2) is 0 Å². The molecule has 0 N–H and O–H groups in total. The third-order valence-electron chi connectivity index (χ3n) is 3.15. The number of carbonyl (C=O) groups is 1. The number of carbonyl (C=O) groups excluding carboxylic acids is 1. The van der Waals surface area contributed by atoms with E-state index in [4.69, 9.17) is 23.2 Å². The minimum Gasteiger partial charge on any atom is -0.293 e. The second-order valence-corrected chi connectivity index (χ2v) is 8.35. The Morgan fingerprint density at radius 2 is 2.06 bits per heavy atom. The maximum absolute atomic E-state index is 11.9. The normalized spacial score (nSPS) is 18.1. The summed E-state index contributed by atoms with van der Waals surface area (Å²) in [5.74, 6) is 1.06. The summed E-state index contributed by atoms with van der Waals surface area (Å²) in [5, 5.41) is 0. The van der Waals surface area contributed by atoms with Gasteiger partial charge in [-0.15, -0.1) is 11.3 Å². The molecule has 1 aliphatic rings. The number of hydrogen-bond acceptors (Lipinski definition) is 3. The first-order chi connectivity index (χ1) is 8.56. The molecular weight excluding hydrogens is 311 g/mol. The summed E-state index contributed by atoms with van der Waals surface area (Å²) in [4.78, 5) is 11.9. The minimum atomic E-state index is -1.09. The third-order valence-corrected chi connectivity index (χ3v) is 6.06. The van der Waals surface area contributed by atoms with E-state index in [1.165, 1.54) is 24.2 Å². The largest absolute Gasteiger partial charge is 0.293 e. The number of hydrogen-bond donors (Lipinski definition) is 0. The molecule has 0 spiro atoms. The Bertz CT molecular complexity index is 465. The summed E-state index contributed by atoms with van der Waals surface area (Å²) < 4.78 is 12.8. The lowest BCUT2D eigenvalue weighted by atomic mass is 10.1. The average molecular weight is 325 g/mol.